The SMILES string of the molecule is O=CCC[P+](=O)COc1ccccc1. The molecule has 0 bridgehead atoms. The number of ether oxygens (including phenoxy) is 1. The smallest absolute Gasteiger partial charge is 0.379 e. The van der Waals surface area contributed by atoms with Crippen molar-refractivity contribution in [3.8, 4) is 5.75 Å². The topological polar surface area (TPSA) is 43.4 Å². The second kappa shape index (κ2) is 6.28. The number of rotatable bonds is 6. The molecule has 0 radical (unpaired) electrons. The van der Waals surface area contributed by atoms with Crippen molar-refractivity contribution >= 4 is 14.1 Å². The van der Waals surface area contributed by atoms with E-state index in [2.05, 4.69) is 0 Å². The van der Waals surface area contributed by atoms with E-state index in [0.29, 0.717) is 18.3 Å². The number of carbonyl (C=O) groups is 1. The van der Waals surface area contributed by atoms with Gasteiger partial charge < -0.3 is 9.53 Å². The summed E-state index contributed by atoms with van der Waals surface area (Å²) in [4.78, 5) is 10.0. The molecule has 0 aromatic heterocycles. The van der Waals surface area contributed by atoms with Gasteiger partial charge in [-0.3, -0.25) is 0 Å². The molecular formula is C10H12O3P+. The molecule has 0 aliphatic carbocycles. The lowest BCUT2D eigenvalue weighted by Crippen LogP contribution is -1.94. The van der Waals surface area contributed by atoms with Crippen molar-refractivity contribution in [1.29, 1.82) is 0 Å². The molecule has 0 amide bonds. The van der Waals surface area contributed by atoms with Crippen LogP contribution in [0.25, 0.3) is 0 Å². The highest BCUT2D eigenvalue weighted by molar-refractivity contribution is 7.44. The largest absolute Gasteiger partial charge is 0.449 e. The predicted octanol–water partition coefficient (Wildman–Crippen LogP) is 2.44. The molecule has 0 fully saturated rings. The van der Waals surface area contributed by atoms with Gasteiger partial charge in [0.05, 0.1) is 0 Å². The Morgan fingerprint density at radius 2 is 2.00 bits per heavy atom. The van der Waals surface area contributed by atoms with Gasteiger partial charge in [0.15, 0.2) is 6.16 Å². The fourth-order valence-corrected chi connectivity index (χ4v) is 1.74. The molecule has 0 saturated heterocycles. The first-order valence-corrected chi connectivity index (χ1v) is 5.99. The third-order valence-corrected chi connectivity index (χ3v) is 2.79. The van der Waals surface area contributed by atoms with E-state index in [0.717, 1.165) is 6.29 Å². The van der Waals surface area contributed by atoms with Gasteiger partial charge in [-0.1, -0.05) is 22.8 Å². The summed E-state index contributed by atoms with van der Waals surface area (Å²) in [6.45, 7) is 0. The lowest BCUT2D eigenvalue weighted by atomic mass is 10.3. The molecule has 1 rings (SSSR count). The van der Waals surface area contributed by atoms with E-state index in [9.17, 15) is 9.36 Å². The summed E-state index contributed by atoms with van der Waals surface area (Å²) >= 11 is 0. The minimum atomic E-state index is -1.41. The van der Waals surface area contributed by atoms with Crippen LogP contribution in [0.5, 0.6) is 5.75 Å². The van der Waals surface area contributed by atoms with E-state index < -0.39 is 7.80 Å². The van der Waals surface area contributed by atoms with Crippen molar-refractivity contribution in [3.63, 3.8) is 0 Å². The summed E-state index contributed by atoms with van der Waals surface area (Å²) < 4.78 is 16.5. The van der Waals surface area contributed by atoms with Crippen molar-refractivity contribution in [2.75, 3.05) is 12.5 Å². The first-order valence-electron chi connectivity index (χ1n) is 4.36. The number of aldehydes is 1. The van der Waals surface area contributed by atoms with Crippen LogP contribution in [0.2, 0.25) is 0 Å². The molecule has 0 N–H and O–H groups in total. The van der Waals surface area contributed by atoms with Crippen LogP contribution in [-0.4, -0.2) is 18.8 Å². The molecule has 4 heteroatoms. The van der Waals surface area contributed by atoms with Gasteiger partial charge in [-0.25, -0.2) is 0 Å². The monoisotopic (exact) mass is 211 g/mol. The lowest BCUT2D eigenvalue weighted by molar-refractivity contribution is -0.107. The first-order chi connectivity index (χ1) is 6.83. The zero-order valence-electron chi connectivity index (χ0n) is 7.76. The molecule has 74 valence electrons. The minimum absolute atomic E-state index is 0.188. The second-order valence-electron chi connectivity index (χ2n) is 2.75. The fourth-order valence-electron chi connectivity index (χ4n) is 0.924. The third-order valence-electron chi connectivity index (χ3n) is 1.61. The number of para-hydroxylation sites is 1. The Hall–Kier alpha value is -1.21. The highest BCUT2D eigenvalue weighted by Gasteiger charge is 2.14. The van der Waals surface area contributed by atoms with Crippen LogP contribution in [0.1, 0.15) is 6.42 Å². The summed E-state index contributed by atoms with van der Waals surface area (Å²) in [5, 5.41) is 0. The summed E-state index contributed by atoms with van der Waals surface area (Å²) in [5.41, 5.74) is 0. The van der Waals surface area contributed by atoms with Gasteiger partial charge in [0.25, 0.3) is 6.35 Å². The van der Waals surface area contributed by atoms with Crippen LogP contribution < -0.4 is 4.74 Å². The van der Waals surface area contributed by atoms with Gasteiger partial charge in [0, 0.05) is 6.42 Å². The van der Waals surface area contributed by atoms with E-state index in [-0.39, 0.29) is 6.35 Å². The number of hydrogen-bond acceptors (Lipinski definition) is 3. The van der Waals surface area contributed by atoms with Crippen molar-refractivity contribution in [2.24, 2.45) is 0 Å². The molecule has 1 aromatic rings. The van der Waals surface area contributed by atoms with Crippen LogP contribution in [0.15, 0.2) is 30.3 Å². The maximum atomic E-state index is 11.2. The average Bonchev–Trinajstić information content (AvgIpc) is 2.25. The van der Waals surface area contributed by atoms with Crippen molar-refractivity contribution < 1.29 is 14.1 Å². The van der Waals surface area contributed by atoms with Crippen LogP contribution in [0.3, 0.4) is 0 Å². The first kappa shape index (κ1) is 10.9. The number of benzene rings is 1. The Kier molecular flexibility index (Phi) is 4.87. The van der Waals surface area contributed by atoms with Crippen LogP contribution in [0, 0.1) is 0 Å². The Bertz CT molecular complexity index is 297. The third kappa shape index (κ3) is 4.15. The summed E-state index contributed by atoms with van der Waals surface area (Å²) in [6.07, 6.45) is 1.71. The van der Waals surface area contributed by atoms with Crippen molar-refractivity contribution in [2.45, 2.75) is 6.42 Å². The molecule has 0 aliphatic rings. The fraction of sp³-hybridized carbons (Fsp3) is 0.300. The summed E-state index contributed by atoms with van der Waals surface area (Å²) in [6, 6.07) is 9.21. The standard InChI is InChI=1S/C10H12O3P/c11-7-4-8-14(12)9-13-10-5-2-1-3-6-10/h1-3,5-7H,4,8-9H2/q+1. The minimum Gasteiger partial charge on any atom is -0.449 e. The maximum absolute atomic E-state index is 11.2. The Morgan fingerprint density at radius 3 is 2.64 bits per heavy atom. The zero-order valence-corrected chi connectivity index (χ0v) is 8.65. The number of hydrogen-bond donors (Lipinski definition) is 0. The van der Waals surface area contributed by atoms with E-state index in [1.165, 1.54) is 0 Å². The second-order valence-corrected chi connectivity index (χ2v) is 4.42. The van der Waals surface area contributed by atoms with Gasteiger partial charge in [0.2, 0.25) is 0 Å². The van der Waals surface area contributed by atoms with Gasteiger partial charge in [-0.2, -0.15) is 0 Å². The molecular weight excluding hydrogens is 199 g/mol. The molecule has 3 nitrogen and oxygen atoms in total. The Balaban J connectivity index is 2.27. The molecule has 14 heavy (non-hydrogen) atoms. The summed E-state index contributed by atoms with van der Waals surface area (Å²) in [7, 11) is -1.41. The van der Waals surface area contributed by atoms with Crippen molar-refractivity contribution in [3.05, 3.63) is 30.3 Å². The molecule has 1 atom stereocenters. The van der Waals surface area contributed by atoms with E-state index in [4.69, 9.17) is 4.74 Å². The highest BCUT2D eigenvalue weighted by atomic mass is 31.1. The van der Waals surface area contributed by atoms with Crippen LogP contribution >= 0.6 is 7.80 Å². The lowest BCUT2D eigenvalue weighted by Gasteiger charge is -1.97. The maximum Gasteiger partial charge on any atom is 0.379 e. The Morgan fingerprint density at radius 1 is 1.29 bits per heavy atom. The zero-order chi connectivity index (χ0) is 10.2. The van der Waals surface area contributed by atoms with Crippen molar-refractivity contribution in [1.82, 2.24) is 0 Å². The van der Waals surface area contributed by atoms with Gasteiger partial charge in [0.1, 0.15) is 12.0 Å². The molecule has 1 aromatic carbocycles. The normalized spacial score (nSPS) is 10.7. The van der Waals surface area contributed by atoms with Gasteiger partial charge in [-0.05, 0) is 12.1 Å². The molecule has 0 spiro atoms. The van der Waals surface area contributed by atoms with E-state index in [1.54, 1.807) is 0 Å². The number of carbonyl (C=O) groups excluding carboxylic acids is 1. The van der Waals surface area contributed by atoms with Gasteiger partial charge in [-0.15, -0.1) is 0 Å². The average molecular weight is 211 g/mol. The highest BCUT2D eigenvalue weighted by Crippen LogP contribution is 2.22. The molecule has 1 unspecified atom stereocenters. The van der Waals surface area contributed by atoms with Crippen LogP contribution in [-0.2, 0) is 9.36 Å². The van der Waals surface area contributed by atoms with Gasteiger partial charge >= 0.3 is 7.80 Å². The molecule has 0 heterocycles. The summed E-state index contributed by atoms with van der Waals surface area (Å²) in [5.74, 6) is 0.710. The van der Waals surface area contributed by atoms with E-state index in [1.807, 2.05) is 30.3 Å². The van der Waals surface area contributed by atoms with Crippen LogP contribution in [0.4, 0.5) is 0 Å². The predicted molar refractivity (Wildman–Crippen MR) is 55.1 cm³/mol. The van der Waals surface area contributed by atoms with E-state index >= 15 is 0 Å². The quantitative estimate of drug-likeness (QED) is 0.536. The molecule has 0 saturated carbocycles. The molecule has 0 aliphatic heterocycles. The Labute approximate surface area is 83.9 Å².